The van der Waals surface area contributed by atoms with Crippen molar-refractivity contribution in [3.63, 3.8) is 0 Å². The molecule has 98 valence electrons. The number of hydrogen-bond donors (Lipinski definition) is 1. The second kappa shape index (κ2) is 5.54. The van der Waals surface area contributed by atoms with E-state index in [0.29, 0.717) is 4.47 Å². The summed E-state index contributed by atoms with van der Waals surface area (Å²) in [4.78, 5) is 14.3. The molecule has 0 radical (unpaired) electrons. The van der Waals surface area contributed by atoms with Crippen molar-refractivity contribution in [2.75, 3.05) is 0 Å². The van der Waals surface area contributed by atoms with Gasteiger partial charge in [0.2, 0.25) is 0 Å². The highest BCUT2D eigenvalue weighted by Gasteiger charge is 2.10. The molecule has 0 fully saturated rings. The van der Waals surface area contributed by atoms with Crippen LogP contribution in [0.4, 0.5) is 4.39 Å². The lowest BCUT2D eigenvalue weighted by Crippen LogP contribution is -1.99. The number of carboxylic acid groups (broad SMARTS) is 1. The highest BCUT2D eigenvalue weighted by atomic mass is 79.9. The van der Waals surface area contributed by atoms with Crippen LogP contribution in [-0.4, -0.2) is 16.1 Å². The topological polar surface area (TPSA) is 59.4 Å². The van der Waals surface area contributed by atoms with Crippen molar-refractivity contribution in [1.82, 2.24) is 4.98 Å². The molecule has 0 aliphatic heterocycles. The molecule has 0 bridgehead atoms. The molecule has 19 heavy (non-hydrogen) atoms. The number of pyridine rings is 1. The highest BCUT2D eigenvalue weighted by Crippen LogP contribution is 2.33. The molecule has 0 saturated heterocycles. The zero-order valence-corrected chi connectivity index (χ0v) is 11.6. The van der Waals surface area contributed by atoms with Gasteiger partial charge in [-0.2, -0.15) is 0 Å². The Morgan fingerprint density at radius 2 is 2.16 bits per heavy atom. The number of ether oxygens (including phenoxy) is 1. The Balaban J connectivity index is 2.26. The van der Waals surface area contributed by atoms with Crippen LogP contribution in [0.25, 0.3) is 0 Å². The summed E-state index contributed by atoms with van der Waals surface area (Å²) in [6.07, 6.45) is 1.24. The van der Waals surface area contributed by atoms with E-state index in [1.54, 1.807) is 0 Å². The minimum absolute atomic E-state index is 0.0291. The van der Waals surface area contributed by atoms with Gasteiger partial charge in [-0.05, 0) is 34.1 Å². The van der Waals surface area contributed by atoms with E-state index in [1.165, 1.54) is 24.4 Å². The molecule has 0 atom stereocenters. The van der Waals surface area contributed by atoms with Gasteiger partial charge in [-0.3, -0.25) is 0 Å². The third-order valence-electron chi connectivity index (χ3n) is 2.16. The number of carboxylic acids is 1. The zero-order chi connectivity index (χ0) is 14.0. The second-order valence-corrected chi connectivity index (χ2v) is 4.74. The summed E-state index contributed by atoms with van der Waals surface area (Å²) >= 11 is 8.79. The molecule has 4 nitrogen and oxygen atoms in total. The molecule has 7 heteroatoms. The molecule has 2 rings (SSSR count). The smallest absolute Gasteiger partial charge is 0.354 e. The fraction of sp³-hybridized carbons (Fsp3) is 0. The molecule has 0 aliphatic rings. The first kappa shape index (κ1) is 13.8. The summed E-state index contributed by atoms with van der Waals surface area (Å²) in [6, 6.07) is 5.20. The molecule has 1 aromatic carbocycles. The number of aromatic carboxylic acids is 1. The van der Waals surface area contributed by atoms with Crippen molar-refractivity contribution in [3.8, 4) is 11.5 Å². The number of hydrogen-bond acceptors (Lipinski definition) is 3. The molecule has 1 heterocycles. The SMILES string of the molecule is O=C(O)c1ccc(Oc2cc(F)c(Cl)cc2Br)cn1. The van der Waals surface area contributed by atoms with Gasteiger partial charge in [-0.25, -0.2) is 14.2 Å². The van der Waals surface area contributed by atoms with E-state index in [-0.39, 0.29) is 22.2 Å². The molecule has 0 aliphatic carbocycles. The van der Waals surface area contributed by atoms with Gasteiger partial charge in [0.05, 0.1) is 15.7 Å². The Morgan fingerprint density at radius 1 is 1.42 bits per heavy atom. The predicted molar refractivity (Wildman–Crippen MR) is 70.4 cm³/mol. The molecular weight excluding hydrogens is 340 g/mol. The van der Waals surface area contributed by atoms with Crippen molar-refractivity contribution < 1.29 is 19.0 Å². The maximum atomic E-state index is 13.3. The predicted octanol–water partition coefficient (Wildman–Crippen LogP) is 4.13. The van der Waals surface area contributed by atoms with Crippen LogP contribution in [0.15, 0.2) is 34.9 Å². The Labute approximate surface area is 120 Å². The number of halogens is 3. The molecule has 0 saturated carbocycles. The van der Waals surface area contributed by atoms with Gasteiger partial charge in [0.1, 0.15) is 23.0 Å². The molecular formula is C12H6BrClFNO3. The fourth-order valence-electron chi connectivity index (χ4n) is 1.28. The van der Waals surface area contributed by atoms with Gasteiger partial charge in [0.15, 0.2) is 0 Å². The third-order valence-corrected chi connectivity index (χ3v) is 3.07. The van der Waals surface area contributed by atoms with E-state index >= 15 is 0 Å². The first-order valence-corrected chi connectivity index (χ1v) is 6.16. The normalized spacial score (nSPS) is 10.3. The van der Waals surface area contributed by atoms with E-state index in [4.69, 9.17) is 21.4 Å². The Kier molecular flexibility index (Phi) is 4.01. The standard InChI is InChI=1S/C12H6BrClFNO3/c13-7-3-8(14)9(15)4-11(7)19-6-1-2-10(12(17)18)16-5-6/h1-5H,(H,17,18). The van der Waals surface area contributed by atoms with Crippen LogP contribution >= 0.6 is 27.5 Å². The number of rotatable bonds is 3. The lowest BCUT2D eigenvalue weighted by Gasteiger charge is -2.08. The summed E-state index contributed by atoms with van der Waals surface area (Å²) in [5, 5.41) is 8.67. The molecule has 1 N–H and O–H groups in total. The number of carbonyl (C=O) groups is 1. The summed E-state index contributed by atoms with van der Waals surface area (Å²) in [7, 11) is 0. The average Bonchev–Trinajstić information content (AvgIpc) is 2.36. The highest BCUT2D eigenvalue weighted by molar-refractivity contribution is 9.10. The summed E-state index contributed by atoms with van der Waals surface area (Å²) < 4.78 is 19.2. The summed E-state index contributed by atoms with van der Waals surface area (Å²) in [6.45, 7) is 0. The Morgan fingerprint density at radius 3 is 2.74 bits per heavy atom. The van der Waals surface area contributed by atoms with Gasteiger partial charge in [-0.1, -0.05) is 11.6 Å². The maximum Gasteiger partial charge on any atom is 0.354 e. The lowest BCUT2D eigenvalue weighted by molar-refractivity contribution is 0.0690. The first-order valence-electron chi connectivity index (χ1n) is 4.99. The second-order valence-electron chi connectivity index (χ2n) is 3.48. The monoisotopic (exact) mass is 345 g/mol. The van der Waals surface area contributed by atoms with Gasteiger partial charge in [-0.15, -0.1) is 0 Å². The van der Waals surface area contributed by atoms with Crippen LogP contribution in [0.5, 0.6) is 11.5 Å². The molecule has 0 spiro atoms. The lowest BCUT2D eigenvalue weighted by atomic mass is 10.3. The van der Waals surface area contributed by atoms with Gasteiger partial charge in [0, 0.05) is 6.07 Å². The van der Waals surface area contributed by atoms with Crippen LogP contribution in [-0.2, 0) is 0 Å². The maximum absolute atomic E-state index is 13.3. The van der Waals surface area contributed by atoms with E-state index < -0.39 is 11.8 Å². The van der Waals surface area contributed by atoms with Gasteiger partial charge >= 0.3 is 5.97 Å². The minimum atomic E-state index is -1.13. The van der Waals surface area contributed by atoms with Crippen molar-refractivity contribution in [1.29, 1.82) is 0 Å². The Bertz CT molecular complexity index is 634. The van der Waals surface area contributed by atoms with Crippen molar-refractivity contribution in [3.05, 3.63) is 51.5 Å². The summed E-state index contributed by atoms with van der Waals surface area (Å²) in [5.74, 6) is -1.25. The molecule has 0 unspecified atom stereocenters. The Hall–Kier alpha value is -1.66. The number of nitrogens with zero attached hydrogens (tertiary/aromatic N) is 1. The third kappa shape index (κ3) is 3.21. The van der Waals surface area contributed by atoms with Crippen LogP contribution < -0.4 is 4.74 Å². The summed E-state index contributed by atoms with van der Waals surface area (Å²) in [5.41, 5.74) is -0.103. The quantitative estimate of drug-likeness (QED) is 0.849. The average molecular weight is 347 g/mol. The van der Waals surface area contributed by atoms with Crippen LogP contribution in [0, 0.1) is 5.82 Å². The van der Waals surface area contributed by atoms with Crippen molar-refractivity contribution in [2.24, 2.45) is 0 Å². The van der Waals surface area contributed by atoms with Crippen LogP contribution in [0.1, 0.15) is 10.5 Å². The van der Waals surface area contributed by atoms with Gasteiger partial charge in [0.25, 0.3) is 0 Å². The largest absolute Gasteiger partial charge is 0.477 e. The van der Waals surface area contributed by atoms with Crippen molar-refractivity contribution in [2.45, 2.75) is 0 Å². The minimum Gasteiger partial charge on any atom is -0.477 e. The van der Waals surface area contributed by atoms with Gasteiger partial charge < -0.3 is 9.84 Å². The zero-order valence-electron chi connectivity index (χ0n) is 9.23. The van der Waals surface area contributed by atoms with Crippen molar-refractivity contribution >= 4 is 33.5 Å². The van der Waals surface area contributed by atoms with Crippen LogP contribution in [0.3, 0.4) is 0 Å². The molecule has 2 aromatic rings. The van der Waals surface area contributed by atoms with Crippen LogP contribution in [0.2, 0.25) is 5.02 Å². The number of aromatic nitrogens is 1. The fourth-order valence-corrected chi connectivity index (χ4v) is 2.00. The molecule has 1 aromatic heterocycles. The van der Waals surface area contributed by atoms with E-state index in [2.05, 4.69) is 20.9 Å². The van der Waals surface area contributed by atoms with E-state index in [0.717, 1.165) is 6.07 Å². The molecule has 0 amide bonds. The van der Waals surface area contributed by atoms with E-state index in [1.807, 2.05) is 0 Å². The van der Waals surface area contributed by atoms with E-state index in [9.17, 15) is 9.18 Å². The number of benzene rings is 1. The first-order chi connectivity index (χ1) is 8.97.